The number of ether oxygens (including phenoxy) is 2. The SMILES string of the molecule is FC(F)(F)C1CCC(c2nnc3n2-c2ccc(Br)cc2CC2(C3)OCCO2)CC1. The number of hydrogen-bond acceptors (Lipinski definition) is 4. The van der Waals surface area contributed by atoms with Crippen LogP contribution in [0.1, 0.15) is 48.8 Å². The lowest BCUT2D eigenvalue weighted by atomic mass is 9.81. The highest BCUT2D eigenvalue weighted by molar-refractivity contribution is 9.10. The summed E-state index contributed by atoms with van der Waals surface area (Å²) >= 11 is 3.54. The third-order valence-corrected chi connectivity index (χ3v) is 6.79. The van der Waals surface area contributed by atoms with Gasteiger partial charge in [0.2, 0.25) is 0 Å². The lowest BCUT2D eigenvalue weighted by Gasteiger charge is -2.29. The van der Waals surface area contributed by atoms with Crippen LogP contribution in [0.2, 0.25) is 0 Å². The summed E-state index contributed by atoms with van der Waals surface area (Å²) < 4.78 is 54.2. The van der Waals surface area contributed by atoms with Gasteiger partial charge in [0.25, 0.3) is 0 Å². The van der Waals surface area contributed by atoms with E-state index < -0.39 is 17.9 Å². The van der Waals surface area contributed by atoms with E-state index in [2.05, 4.69) is 26.1 Å². The first-order valence-corrected chi connectivity index (χ1v) is 10.7. The van der Waals surface area contributed by atoms with Crippen LogP contribution in [0.5, 0.6) is 0 Å². The lowest BCUT2D eigenvalue weighted by molar-refractivity contribution is -0.182. The van der Waals surface area contributed by atoms with E-state index in [1.54, 1.807) is 0 Å². The summed E-state index contributed by atoms with van der Waals surface area (Å²) in [6.45, 7) is 1.07. The van der Waals surface area contributed by atoms with E-state index in [0.717, 1.165) is 27.4 Å². The average Bonchev–Trinajstić information content (AvgIpc) is 3.26. The number of rotatable bonds is 1. The van der Waals surface area contributed by atoms with Gasteiger partial charge in [-0.25, -0.2) is 0 Å². The molecule has 5 nitrogen and oxygen atoms in total. The molecular weight excluding hydrogens is 451 g/mol. The van der Waals surface area contributed by atoms with Crippen LogP contribution in [0, 0.1) is 5.92 Å². The maximum absolute atomic E-state index is 13.1. The number of hydrogen-bond donors (Lipinski definition) is 0. The summed E-state index contributed by atoms with van der Waals surface area (Å²) in [5, 5.41) is 8.85. The number of halogens is 4. The number of benzene rings is 1. The largest absolute Gasteiger partial charge is 0.391 e. The minimum absolute atomic E-state index is 0.0363. The van der Waals surface area contributed by atoms with Crippen molar-refractivity contribution in [3.8, 4) is 5.69 Å². The first-order valence-electron chi connectivity index (χ1n) is 9.92. The van der Waals surface area contributed by atoms with Crippen molar-refractivity contribution in [1.82, 2.24) is 14.8 Å². The second-order valence-corrected chi connectivity index (χ2v) is 9.05. The van der Waals surface area contributed by atoms with Crippen LogP contribution in [0.4, 0.5) is 13.2 Å². The summed E-state index contributed by atoms with van der Waals surface area (Å²) in [6.07, 6.45) is -1.86. The molecule has 1 saturated heterocycles. The monoisotopic (exact) mass is 471 g/mol. The Morgan fingerprint density at radius 2 is 1.76 bits per heavy atom. The molecule has 0 unspecified atom stereocenters. The molecule has 1 aromatic carbocycles. The topological polar surface area (TPSA) is 49.2 Å². The van der Waals surface area contributed by atoms with Gasteiger partial charge in [0.15, 0.2) is 5.79 Å². The molecule has 1 aliphatic carbocycles. The van der Waals surface area contributed by atoms with Crippen LogP contribution in [0.25, 0.3) is 5.69 Å². The molecule has 2 aromatic rings. The Morgan fingerprint density at radius 3 is 2.45 bits per heavy atom. The molecule has 0 radical (unpaired) electrons. The Morgan fingerprint density at radius 1 is 1.03 bits per heavy atom. The molecule has 0 bridgehead atoms. The fraction of sp³-hybridized carbons (Fsp3) is 0.600. The second-order valence-electron chi connectivity index (χ2n) is 8.13. The number of nitrogens with zero attached hydrogens (tertiary/aromatic N) is 3. The molecule has 3 heterocycles. The minimum Gasteiger partial charge on any atom is -0.347 e. The molecule has 3 aliphatic rings. The van der Waals surface area contributed by atoms with Crippen molar-refractivity contribution >= 4 is 15.9 Å². The molecule has 9 heteroatoms. The van der Waals surface area contributed by atoms with Gasteiger partial charge < -0.3 is 9.47 Å². The number of aromatic nitrogens is 3. The van der Waals surface area contributed by atoms with Crippen LogP contribution in [0.15, 0.2) is 22.7 Å². The smallest absolute Gasteiger partial charge is 0.347 e. The Bertz CT molecular complexity index is 916. The predicted octanol–water partition coefficient (Wildman–Crippen LogP) is 4.71. The molecular formula is C20H21BrF3N3O2. The van der Waals surface area contributed by atoms with E-state index in [1.807, 2.05) is 22.8 Å². The molecule has 1 saturated carbocycles. The van der Waals surface area contributed by atoms with Gasteiger partial charge in [-0.05, 0) is 49.4 Å². The van der Waals surface area contributed by atoms with E-state index in [4.69, 9.17) is 9.47 Å². The van der Waals surface area contributed by atoms with Gasteiger partial charge in [-0.3, -0.25) is 4.57 Å². The van der Waals surface area contributed by atoms with Crippen LogP contribution in [-0.2, 0) is 22.3 Å². The quantitative estimate of drug-likeness (QED) is 0.604. The highest BCUT2D eigenvalue weighted by atomic mass is 79.9. The molecule has 29 heavy (non-hydrogen) atoms. The first-order chi connectivity index (χ1) is 13.8. The third kappa shape index (κ3) is 3.51. The Balaban J connectivity index is 1.53. The molecule has 2 fully saturated rings. The third-order valence-electron chi connectivity index (χ3n) is 6.29. The predicted molar refractivity (Wildman–Crippen MR) is 102 cm³/mol. The summed E-state index contributed by atoms with van der Waals surface area (Å²) in [5.41, 5.74) is 2.00. The van der Waals surface area contributed by atoms with Crippen molar-refractivity contribution in [2.24, 2.45) is 5.92 Å². The van der Waals surface area contributed by atoms with Crippen LogP contribution in [0.3, 0.4) is 0 Å². The van der Waals surface area contributed by atoms with Gasteiger partial charge in [-0.2, -0.15) is 13.2 Å². The fourth-order valence-electron chi connectivity index (χ4n) is 4.86. The van der Waals surface area contributed by atoms with Gasteiger partial charge >= 0.3 is 6.18 Å². The highest BCUT2D eigenvalue weighted by Crippen LogP contribution is 2.44. The van der Waals surface area contributed by atoms with Gasteiger partial charge in [-0.15, -0.1) is 10.2 Å². The van der Waals surface area contributed by atoms with E-state index in [1.165, 1.54) is 0 Å². The average molecular weight is 472 g/mol. The standard InChI is InChI=1S/C20H21BrF3N3O2/c21-15-5-6-16-13(9-15)10-19(28-7-8-29-19)11-17-25-26-18(27(16)17)12-1-3-14(4-2-12)20(22,23)24/h5-6,9,12,14H,1-4,7-8,10-11H2. The molecule has 1 spiro atoms. The van der Waals surface area contributed by atoms with Crippen molar-refractivity contribution < 1.29 is 22.6 Å². The van der Waals surface area contributed by atoms with Gasteiger partial charge in [0, 0.05) is 16.8 Å². The first kappa shape index (κ1) is 19.5. The summed E-state index contributed by atoms with van der Waals surface area (Å²) in [7, 11) is 0. The molecule has 2 aliphatic heterocycles. The Kier molecular flexibility index (Phi) is 4.75. The summed E-state index contributed by atoms with van der Waals surface area (Å²) in [4.78, 5) is 0. The van der Waals surface area contributed by atoms with Gasteiger partial charge in [0.05, 0.1) is 31.2 Å². The normalized spacial score (nSPS) is 26.2. The van der Waals surface area contributed by atoms with Crippen molar-refractivity contribution in [3.63, 3.8) is 0 Å². The van der Waals surface area contributed by atoms with E-state index >= 15 is 0 Å². The molecule has 0 N–H and O–H groups in total. The molecule has 5 rings (SSSR count). The Labute approximate surface area is 174 Å². The van der Waals surface area contributed by atoms with Crippen LogP contribution < -0.4 is 0 Å². The van der Waals surface area contributed by atoms with Crippen LogP contribution >= 0.6 is 15.9 Å². The van der Waals surface area contributed by atoms with Crippen LogP contribution in [-0.4, -0.2) is 39.9 Å². The van der Waals surface area contributed by atoms with E-state index in [-0.39, 0.29) is 18.8 Å². The maximum Gasteiger partial charge on any atom is 0.391 e. The van der Waals surface area contributed by atoms with E-state index in [9.17, 15) is 13.2 Å². The Hall–Kier alpha value is -1.45. The number of fused-ring (bicyclic) bond motifs is 3. The zero-order valence-corrected chi connectivity index (χ0v) is 17.3. The minimum atomic E-state index is -4.12. The zero-order chi connectivity index (χ0) is 20.2. The van der Waals surface area contributed by atoms with Crippen molar-refractivity contribution in [1.29, 1.82) is 0 Å². The zero-order valence-electron chi connectivity index (χ0n) is 15.7. The summed E-state index contributed by atoms with van der Waals surface area (Å²) in [5.74, 6) is -0.523. The molecule has 156 valence electrons. The lowest BCUT2D eigenvalue weighted by Crippen LogP contribution is -2.35. The maximum atomic E-state index is 13.1. The fourth-order valence-corrected chi connectivity index (χ4v) is 5.27. The molecule has 0 atom stereocenters. The van der Waals surface area contributed by atoms with Crippen molar-refractivity contribution in [2.45, 2.75) is 56.4 Å². The van der Waals surface area contributed by atoms with Crippen molar-refractivity contribution in [2.75, 3.05) is 13.2 Å². The second kappa shape index (κ2) is 7.06. The highest BCUT2D eigenvalue weighted by Gasteiger charge is 2.45. The summed E-state index contributed by atoms with van der Waals surface area (Å²) in [6, 6.07) is 6.01. The van der Waals surface area contributed by atoms with Gasteiger partial charge in [-0.1, -0.05) is 15.9 Å². The molecule has 1 aromatic heterocycles. The van der Waals surface area contributed by atoms with E-state index in [0.29, 0.717) is 38.9 Å². The number of alkyl halides is 3. The van der Waals surface area contributed by atoms with Gasteiger partial charge in [0.1, 0.15) is 11.6 Å². The van der Waals surface area contributed by atoms with Crippen molar-refractivity contribution in [3.05, 3.63) is 39.9 Å². The molecule has 0 amide bonds.